The Kier molecular flexibility index (Phi) is 4.76. The zero-order chi connectivity index (χ0) is 19.8. The van der Waals surface area contributed by atoms with E-state index in [0.717, 1.165) is 18.4 Å². The third-order valence-corrected chi connectivity index (χ3v) is 5.28. The van der Waals surface area contributed by atoms with Crippen LogP contribution >= 0.6 is 0 Å². The van der Waals surface area contributed by atoms with E-state index < -0.39 is 0 Å². The van der Waals surface area contributed by atoms with Crippen molar-refractivity contribution in [1.82, 2.24) is 24.6 Å². The largest absolute Gasteiger partial charge is 0.424 e. The van der Waals surface area contributed by atoms with Gasteiger partial charge in [-0.1, -0.05) is 0 Å². The molecule has 0 radical (unpaired) electrons. The van der Waals surface area contributed by atoms with E-state index >= 15 is 0 Å². The van der Waals surface area contributed by atoms with Gasteiger partial charge in [0, 0.05) is 25.6 Å². The molecule has 0 spiro atoms. The molecule has 1 fully saturated rings. The Morgan fingerprint density at radius 1 is 1.32 bits per heavy atom. The van der Waals surface area contributed by atoms with Crippen LogP contribution in [0.2, 0.25) is 0 Å². The molecule has 0 bridgehead atoms. The Bertz CT molecular complexity index is 1060. The molecule has 2 N–H and O–H groups in total. The maximum atomic E-state index is 12.7. The highest BCUT2D eigenvalue weighted by Gasteiger charge is 2.24. The van der Waals surface area contributed by atoms with Crippen LogP contribution in [0.1, 0.15) is 53.9 Å². The number of rotatable bonds is 4. The standard InChI is InChI=1S/C19H23N5O4/c1-11-21-22-17(28-11)10-23(2)18(26)12-3-8-16-15(9-12)20-19(27)24(16)13-4-6-14(25)7-5-13/h3,8-9,13-14,25H,4-7,10H2,1-2H3,(H,20,27). The number of benzene rings is 1. The quantitative estimate of drug-likeness (QED) is 0.707. The van der Waals surface area contributed by atoms with Crippen LogP contribution in [-0.2, 0) is 6.54 Å². The van der Waals surface area contributed by atoms with Crippen LogP contribution in [0.3, 0.4) is 0 Å². The molecule has 4 rings (SSSR count). The number of aryl methyl sites for hydroxylation is 1. The number of amides is 1. The topological polar surface area (TPSA) is 117 Å². The van der Waals surface area contributed by atoms with Crippen molar-refractivity contribution in [2.24, 2.45) is 0 Å². The van der Waals surface area contributed by atoms with Crippen LogP contribution in [0.15, 0.2) is 27.4 Å². The van der Waals surface area contributed by atoms with E-state index in [9.17, 15) is 14.7 Å². The second kappa shape index (κ2) is 7.23. The number of hydrogen-bond donors (Lipinski definition) is 2. The van der Waals surface area contributed by atoms with Crippen molar-refractivity contribution >= 4 is 16.9 Å². The molecule has 9 heteroatoms. The number of carbonyl (C=O) groups is 1. The predicted molar refractivity (Wildman–Crippen MR) is 101 cm³/mol. The number of aliphatic hydroxyl groups is 1. The SMILES string of the molecule is Cc1nnc(CN(C)C(=O)c2ccc3c(c2)[nH]c(=O)n3C2CCC(O)CC2)o1. The summed E-state index contributed by atoms with van der Waals surface area (Å²) in [5, 5.41) is 17.4. The van der Waals surface area contributed by atoms with Crippen molar-refractivity contribution in [2.45, 2.75) is 51.3 Å². The van der Waals surface area contributed by atoms with Crippen LogP contribution in [0.4, 0.5) is 0 Å². The summed E-state index contributed by atoms with van der Waals surface area (Å²) in [6, 6.07) is 5.29. The fraction of sp³-hybridized carbons (Fsp3) is 0.474. The van der Waals surface area contributed by atoms with Crippen molar-refractivity contribution in [3.8, 4) is 0 Å². The lowest BCUT2D eigenvalue weighted by molar-refractivity contribution is 0.0772. The van der Waals surface area contributed by atoms with Gasteiger partial charge in [-0.15, -0.1) is 10.2 Å². The summed E-state index contributed by atoms with van der Waals surface area (Å²) in [6.45, 7) is 1.90. The molecule has 2 aromatic heterocycles. The van der Waals surface area contributed by atoms with Crippen molar-refractivity contribution in [2.75, 3.05) is 7.05 Å². The fourth-order valence-electron chi connectivity index (χ4n) is 3.84. The highest BCUT2D eigenvalue weighted by molar-refractivity contribution is 5.97. The number of aliphatic hydroxyl groups excluding tert-OH is 1. The average Bonchev–Trinajstić information content (AvgIpc) is 3.23. The normalized spacial score (nSPS) is 19.8. The number of nitrogens with zero attached hydrogens (tertiary/aromatic N) is 4. The Morgan fingerprint density at radius 3 is 2.75 bits per heavy atom. The van der Waals surface area contributed by atoms with Gasteiger partial charge in [-0.05, 0) is 43.9 Å². The minimum absolute atomic E-state index is 0.0645. The van der Waals surface area contributed by atoms with Gasteiger partial charge in [-0.3, -0.25) is 9.36 Å². The summed E-state index contributed by atoms with van der Waals surface area (Å²) in [7, 11) is 1.66. The third-order valence-electron chi connectivity index (χ3n) is 5.28. The van der Waals surface area contributed by atoms with Crippen molar-refractivity contribution in [3.63, 3.8) is 0 Å². The van der Waals surface area contributed by atoms with Gasteiger partial charge in [0.05, 0.1) is 23.7 Å². The molecular formula is C19H23N5O4. The van der Waals surface area contributed by atoms with Gasteiger partial charge in [0.2, 0.25) is 11.8 Å². The summed E-state index contributed by atoms with van der Waals surface area (Å²) in [5.74, 6) is 0.618. The molecule has 0 atom stereocenters. The maximum absolute atomic E-state index is 12.7. The van der Waals surface area contributed by atoms with E-state index in [-0.39, 0.29) is 30.3 Å². The minimum atomic E-state index is -0.278. The van der Waals surface area contributed by atoms with Crippen LogP contribution in [0.25, 0.3) is 11.0 Å². The molecule has 148 valence electrons. The molecule has 1 aromatic carbocycles. The second-order valence-corrected chi connectivity index (χ2v) is 7.37. The highest BCUT2D eigenvalue weighted by atomic mass is 16.4. The molecule has 1 aliphatic carbocycles. The Balaban J connectivity index is 1.58. The third kappa shape index (κ3) is 3.45. The molecular weight excluding hydrogens is 362 g/mol. The predicted octanol–water partition coefficient (Wildman–Crippen LogP) is 1.77. The van der Waals surface area contributed by atoms with E-state index in [1.54, 1.807) is 36.7 Å². The van der Waals surface area contributed by atoms with Gasteiger partial charge < -0.3 is 19.4 Å². The maximum Gasteiger partial charge on any atom is 0.326 e. The zero-order valence-corrected chi connectivity index (χ0v) is 15.9. The lowest BCUT2D eigenvalue weighted by Gasteiger charge is -2.26. The molecule has 3 aromatic rings. The van der Waals surface area contributed by atoms with Crippen LogP contribution in [-0.4, -0.2) is 48.8 Å². The summed E-state index contributed by atoms with van der Waals surface area (Å²) in [5.41, 5.74) is 1.69. The van der Waals surface area contributed by atoms with Crippen LogP contribution < -0.4 is 5.69 Å². The molecule has 0 aliphatic heterocycles. The number of hydrogen-bond acceptors (Lipinski definition) is 6. The summed E-state index contributed by atoms with van der Waals surface area (Å²) >= 11 is 0. The molecule has 2 heterocycles. The lowest BCUT2D eigenvalue weighted by Crippen LogP contribution is -2.27. The van der Waals surface area contributed by atoms with Crippen LogP contribution in [0, 0.1) is 6.92 Å². The van der Waals surface area contributed by atoms with E-state index in [2.05, 4.69) is 15.2 Å². The highest BCUT2D eigenvalue weighted by Crippen LogP contribution is 2.30. The van der Waals surface area contributed by atoms with E-state index in [1.807, 2.05) is 0 Å². The second-order valence-electron chi connectivity index (χ2n) is 7.37. The van der Waals surface area contributed by atoms with Gasteiger partial charge in [0.15, 0.2) is 0 Å². The van der Waals surface area contributed by atoms with Gasteiger partial charge in [0.25, 0.3) is 5.91 Å². The number of carbonyl (C=O) groups excluding carboxylic acids is 1. The van der Waals surface area contributed by atoms with Gasteiger partial charge in [0.1, 0.15) is 0 Å². The molecule has 1 saturated carbocycles. The molecule has 1 amide bonds. The average molecular weight is 385 g/mol. The number of H-pyrrole nitrogens is 1. The van der Waals surface area contributed by atoms with Crippen LogP contribution in [0.5, 0.6) is 0 Å². The van der Waals surface area contributed by atoms with Gasteiger partial charge in [-0.2, -0.15) is 0 Å². The first-order chi connectivity index (χ1) is 13.4. The fourth-order valence-corrected chi connectivity index (χ4v) is 3.84. The summed E-state index contributed by atoms with van der Waals surface area (Å²) in [6.07, 6.45) is 2.64. The van der Waals surface area contributed by atoms with E-state index in [4.69, 9.17) is 4.42 Å². The Labute approximate surface area is 161 Å². The first-order valence-electron chi connectivity index (χ1n) is 9.39. The number of nitrogens with one attached hydrogen (secondary N) is 1. The number of aromatic nitrogens is 4. The lowest BCUT2D eigenvalue weighted by atomic mass is 9.93. The molecule has 1 aliphatic rings. The monoisotopic (exact) mass is 385 g/mol. The minimum Gasteiger partial charge on any atom is -0.424 e. The first kappa shape index (κ1) is 18.4. The van der Waals surface area contributed by atoms with E-state index in [0.29, 0.717) is 35.7 Å². The molecule has 0 saturated heterocycles. The molecule has 0 unspecified atom stereocenters. The first-order valence-corrected chi connectivity index (χ1v) is 9.39. The van der Waals surface area contributed by atoms with Gasteiger partial charge in [-0.25, -0.2) is 4.79 Å². The Hall–Kier alpha value is -2.94. The van der Waals surface area contributed by atoms with Crippen molar-refractivity contribution < 1.29 is 14.3 Å². The number of aromatic amines is 1. The Morgan fingerprint density at radius 2 is 2.07 bits per heavy atom. The summed E-state index contributed by atoms with van der Waals surface area (Å²) < 4.78 is 7.07. The smallest absolute Gasteiger partial charge is 0.326 e. The summed E-state index contributed by atoms with van der Waals surface area (Å²) in [4.78, 5) is 29.6. The number of fused-ring (bicyclic) bond motifs is 1. The van der Waals surface area contributed by atoms with Crippen molar-refractivity contribution in [3.05, 3.63) is 46.0 Å². The van der Waals surface area contributed by atoms with E-state index in [1.165, 1.54) is 4.90 Å². The molecule has 9 nitrogen and oxygen atoms in total. The number of imidazole rings is 1. The zero-order valence-electron chi connectivity index (χ0n) is 15.9. The molecule has 28 heavy (non-hydrogen) atoms. The van der Waals surface area contributed by atoms with Crippen molar-refractivity contribution in [1.29, 1.82) is 0 Å². The van der Waals surface area contributed by atoms with Gasteiger partial charge >= 0.3 is 5.69 Å².